The second-order valence-corrected chi connectivity index (χ2v) is 7.60. The van der Waals surface area contributed by atoms with Crippen LogP contribution >= 0.6 is 23.4 Å². The maximum absolute atomic E-state index is 12.1. The van der Waals surface area contributed by atoms with Gasteiger partial charge in [0.25, 0.3) is 0 Å². The van der Waals surface area contributed by atoms with Gasteiger partial charge in [0.2, 0.25) is 0 Å². The zero-order chi connectivity index (χ0) is 18.7. The molecular weight excluding hydrogens is 372 g/mol. The van der Waals surface area contributed by atoms with Gasteiger partial charge >= 0.3 is 5.97 Å². The maximum Gasteiger partial charge on any atom is 0.325 e. The first kappa shape index (κ1) is 18.9. The molecule has 26 heavy (non-hydrogen) atoms. The van der Waals surface area contributed by atoms with E-state index in [1.807, 2.05) is 35.8 Å². The molecule has 3 rings (SSSR count). The lowest BCUT2D eigenvalue weighted by Crippen LogP contribution is -2.19. The Bertz CT molecular complexity index is 843. The topological polar surface area (TPSA) is 63.8 Å². The quantitative estimate of drug-likeness (QED) is 0.456. The Hall–Kier alpha value is -1.92. The van der Waals surface area contributed by atoms with E-state index in [2.05, 4.69) is 5.16 Å². The van der Waals surface area contributed by atoms with Gasteiger partial charge in [-0.25, -0.2) is 0 Å². The Balaban J connectivity index is 2.06. The molecule has 0 atom stereocenters. The Morgan fingerprint density at radius 1 is 1.35 bits per heavy atom. The van der Waals surface area contributed by atoms with Crippen molar-refractivity contribution in [1.82, 2.24) is 4.57 Å². The van der Waals surface area contributed by atoms with E-state index in [9.17, 15) is 10.0 Å². The standard InChI is InChI=1S/C19H21ClN2O3S/c1-3-25-17(23)11-22-12(2)19(26-14-9-7-13(20)8-10-14)18-15(21-24)5-4-6-16(18)22/h7-10,24H,3-6,11H2,1-2H3/b21-15+. The highest BCUT2D eigenvalue weighted by atomic mass is 35.5. The molecule has 1 heterocycles. The summed E-state index contributed by atoms with van der Waals surface area (Å²) in [4.78, 5) is 14.1. The molecule has 0 unspecified atom stereocenters. The highest BCUT2D eigenvalue weighted by molar-refractivity contribution is 7.99. The third-order valence-electron chi connectivity index (χ3n) is 4.44. The van der Waals surface area contributed by atoms with Crippen LogP contribution < -0.4 is 0 Å². The fourth-order valence-electron chi connectivity index (χ4n) is 3.27. The van der Waals surface area contributed by atoms with Crippen LogP contribution in [0, 0.1) is 6.92 Å². The van der Waals surface area contributed by atoms with Gasteiger partial charge in [0.15, 0.2) is 0 Å². The predicted octanol–water partition coefficient (Wildman–Crippen LogP) is 4.68. The van der Waals surface area contributed by atoms with Crippen molar-refractivity contribution in [3.63, 3.8) is 0 Å². The van der Waals surface area contributed by atoms with Crippen molar-refractivity contribution in [3.8, 4) is 0 Å². The average molecular weight is 393 g/mol. The molecule has 1 N–H and O–H groups in total. The highest BCUT2D eigenvalue weighted by Crippen LogP contribution is 2.40. The van der Waals surface area contributed by atoms with Crippen molar-refractivity contribution < 1.29 is 14.7 Å². The van der Waals surface area contributed by atoms with Crippen molar-refractivity contribution in [3.05, 3.63) is 46.2 Å². The lowest BCUT2D eigenvalue weighted by atomic mass is 9.96. The van der Waals surface area contributed by atoms with Gasteiger partial charge in [0.05, 0.1) is 12.3 Å². The molecule has 0 spiro atoms. The van der Waals surface area contributed by atoms with Gasteiger partial charge in [-0.15, -0.1) is 0 Å². The molecule has 0 bridgehead atoms. The first-order chi connectivity index (χ1) is 12.5. The minimum atomic E-state index is -0.260. The van der Waals surface area contributed by atoms with E-state index in [1.54, 1.807) is 18.7 Å². The highest BCUT2D eigenvalue weighted by Gasteiger charge is 2.28. The molecule has 138 valence electrons. The number of carbonyl (C=O) groups is 1. The molecule has 0 aliphatic heterocycles. The van der Waals surface area contributed by atoms with E-state index in [0.717, 1.165) is 46.0 Å². The average Bonchev–Trinajstić information content (AvgIpc) is 2.89. The van der Waals surface area contributed by atoms with Crippen molar-refractivity contribution in [2.45, 2.75) is 49.4 Å². The van der Waals surface area contributed by atoms with Crippen LogP contribution in [-0.4, -0.2) is 28.1 Å². The van der Waals surface area contributed by atoms with E-state index >= 15 is 0 Å². The molecule has 0 saturated heterocycles. The number of fused-ring (bicyclic) bond motifs is 1. The van der Waals surface area contributed by atoms with Crippen LogP contribution in [0.1, 0.15) is 36.7 Å². The van der Waals surface area contributed by atoms with Gasteiger partial charge in [-0.3, -0.25) is 4.79 Å². The number of benzene rings is 1. The number of esters is 1. The minimum Gasteiger partial charge on any atom is -0.465 e. The van der Waals surface area contributed by atoms with E-state index in [1.165, 1.54) is 0 Å². The van der Waals surface area contributed by atoms with E-state index < -0.39 is 0 Å². The van der Waals surface area contributed by atoms with Gasteiger partial charge in [0.1, 0.15) is 6.54 Å². The number of aromatic nitrogens is 1. The fourth-order valence-corrected chi connectivity index (χ4v) is 4.50. The molecule has 1 aliphatic rings. The summed E-state index contributed by atoms with van der Waals surface area (Å²) in [5.41, 5.74) is 3.63. The number of ether oxygens (including phenoxy) is 1. The Labute approximate surface area is 162 Å². The molecule has 0 saturated carbocycles. The number of nitrogens with zero attached hydrogens (tertiary/aromatic N) is 2. The van der Waals surface area contributed by atoms with Crippen molar-refractivity contribution in [2.75, 3.05) is 6.61 Å². The number of hydrogen-bond donors (Lipinski definition) is 1. The zero-order valence-corrected chi connectivity index (χ0v) is 16.4. The SMILES string of the molecule is CCOC(=O)Cn1c(C)c(Sc2ccc(Cl)cc2)c2c1CCC/C2=N\O. The van der Waals surface area contributed by atoms with Crippen LogP contribution in [0.5, 0.6) is 0 Å². The van der Waals surface area contributed by atoms with E-state index in [4.69, 9.17) is 16.3 Å². The third kappa shape index (κ3) is 3.76. The lowest BCUT2D eigenvalue weighted by molar-refractivity contribution is -0.143. The first-order valence-electron chi connectivity index (χ1n) is 8.57. The summed E-state index contributed by atoms with van der Waals surface area (Å²) >= 11 is 7.58. The summed E-state index contributed by atoms with van der Waals surface area (Å²) in [6.45, 7) is 4.32. The summed E-state index contributed by atoms with van der Waals surface area (Å²) in [6.07, 6.45) is 2.46. The molecule has 0 radical (unpaired) electrons. The number of carbonyl (C=O) groups excluding carboxylic acids is 1. The Kier molecular flexibility index (Phi) is 5.94. The van der Waals surface area contributed by atoms with Gasteiger partial charge < -0.3 is 14.5 Å². The molecule has 1 aromatic carbocycles. The van der Waals surface area contributed by atoms with Crippen LogP contribution in [0.15, 0.2) is 39.2 Å². The third-order valence-corrected chi connectivity index (χ3v) is 5.90. The van der Waals surface area contributed by atoms with Gasteiger partial charge in [0, 0.05) is 31.8 Å². The molecule has 0 amide bonds. The van der Waals surface area contributed by atoms with E-state index in [0.29, 0.717) is 17.3 Å². The maximum atomic E-state index is 12.1. The summed E-state index contributed by atoms with van der Waals surface area (Å²) < 4.78 is 7.12. The Morgan fingerprint density at radius 2 is 2.08 bits per heavy atom. The van der Waals surface area contributed by atoms with Crippen molar-refractivity contribution in [2.24, 2.45) is 5.16 Å². The summed E-state index contributed by atoms with van der Waals surface area (Å²) in [6, 6.07) is 7.62. The van der Waals surface area contributed by atoms with Crippen molar-refractivity contribution in [1.29, 1.82) is 0 Å². The molecule has 5 nitrogen and oxygen atoms in total. The summed E-state index contributed by atoms with van der Waals surface area (Å²) in [7, 11) is 0. The molecule has 1 aromatic heterocycles. The van der Waals surface area contributed by atoms with Crippen LogP contribution in [0.25, 0.3) is 0 Å². The summed E-state index contributed by atoms with van der Waals surface area (Å²) in [5.74, 6) is -0.260. The van der Waals surface area contributed by atoms with E-state index in [-0.39, 0.29) is 12.5 Å². The Morgan fingerprint density at radius 3 is 2.73 bits per heavy atom. The van der Waals surface area contributed by atoms with Crippen molar-refractivity contribution >= 4 is 35.0 Å². The summed E-state index contributed by atoms with van der Waals surface area (Å²) in [5, 5.41) is 13.7. The molecule has 1 aliphatic carbocycles. The minimum absolute atomic E-state index is 0.169. The molecule has 7 heteroatoms. The van der Waals surface area contributed by atoms with Crippen LogP contribution in [-0.2, 0) is 22.5 Å². The fraction of sp³-hybridized carbons (Fsp3) is 0.368. The second-order valence-electron chi connectivity index (χ2n) is 6.08. The van der Waals surface area contributed by atoms with Gasteiger partial charge in [-0.1, -0.05) is 28.5 Å². The van der Waals surface area contributed by atoms with Crippen LogP contribution in [0.4, 0.5) is 0 Å². The monoisotopic (exact) mass is 392 g/mol. The number of hydrogen-bond acceptors (Lipinski definition) is 5. The molecule has 0 fully saturated rings. The number of halogens is 1. The number of oxime groups is 1. The second kappa shape index (κ2) is 8.18. The van der Waals surface area contributed by atoms with Gasteiger partial charge in [-0.2, -0.15) is 0 Å². The van der Waals surface area contributed by atoms with Crippen LogP contribution in [0.3, 0.4) is 0 Å². The predicted molar refractivity (Wildman–Crippen MR) is 103 cm³/mol. The number of rotatable bonds is 5. The van der Waals surface area contributed by atoms with Gasteiger partial charge in [-0.05, 0) is 57.4 Å². The molecule has 2 aromatic rings. The normalized spacial score (nSPS) is 15.1. The van der Waals surface area contributed by atoms with Crippen LogP contribution in [0.2, 0.25) is 5.02 Å². The largest absolute Gasteiger partial charge is 0.465 e. The first-order valence-corrected chi connectivity index (χ1v) is 9.76. The lowest BCUT2D eigenvalue weighted by Gasteiger charge is -2.17. The molecular formula is C19H21ClN2O3S. The smallest absolute Gasteiger partial charge is 0.325 e. The zero-order valence-electron chi connectivity index (χ0n) is 14.8.